The summed E-state index contributed by atoms with van der Waals surface area (Å²) in [5, 5.41) is 13.2. The van der Waals surface area contributed by atoms with Gasteiger partial charge >= 0.3 is 11.6 Å². The average Bonchev–Trinajstić information content (AvgIpc) is 2.83. The van der Waals surface area contributed by atoms with E-state index < -0.39 is 30.2 Å². The van der Waals surface area contributed by atoms with Crippen molar-refractivity contribution in [3.05, 3.63) is 99.9 Å². The highest BCUT2D eigenvalue weighted by atomic mass is 35.5. The zero-order chi connectivity index (χ0) is 24.1. The van der Waals surface area contributed by atoms with E-state index in [-0.39, 0.29) is 6.42 Å². The fourth-order valence-electron chi connectivity index (χ4n) is 3.53. The second-order valence-electron chi connectivity index (χ2n) is 7.58. The van der Waals surface area contributed by atoms with Crippen molar-refractivity contribution < 1.29 is 23.8 Å². The smallest absolute Gasteiger partial charge is 0.336 e. The lowest BCUT2D eigenvalue weighted by molar-refractivity contribution is -0.142. The molecule has 0 radical (unpaired) electrons. The molecule has 172 valence electrons. The molecule has 0 spiro atoms. The van der Waals surface area contributed by atoms with E-state index in [1.54, 1.807) is 36.4 Å². The van der Waals surface area contributed by atoms with Crippen LogP contribution in [-0.4, -0.2) is 29.6 Å². The van der Waals surface area contributed by atoms with Crippen molar-refractivity contribution >= 4 is 34.4 Å². The van der Waals surface area contributed by atoms with Gasteiger partial charge in [0.2, 0.25) is 0 Å². The highest BCUT2D eigenvalue weighted by Gasteiger charge is 2.21. The summed E-state index contributed by atoms with van der Waals surface area (Å²) >= 11 is 5.85. The van der Waals surface area contributed by atoms with Crippen LogP contribution in [0.4, 0.5) is 0 Å². The van der Waals surface area contributed by atoms with Gasteiger partial charge in [-0.25, -0.2) is 9.59 Å². The summed E-state index contributed by atoms with van der Waals surface area (Å²) in [6, 6.07) is 21.4. The minimum atomic E-state index is -1.16. The third kappa shape index (κ3) is 5.63. The van der Waals surface area contributed by atoms with Gasteiger partial charge < -0.3 is 19.6 Å². The molecule has 1 amide bonds. The van der Waals surface area contributed by atoms with Crippen LogP contribution >= 0.6 is 11.6 Å². The molecule has 34 heavy (non-hydrogen) atoms. The molecule has 1 heterocycles. The molecule has 1 aromatic heterocycles. The minimum Gasteiger partial charge on any atom is -0.484 e. The van der Waals surface area contributed by atoms with E-state index in [9.17, 15) is 19.5 Å². The number of nitrogens with one attached hydrogen (secondary N) is 1. The molecule has 2 N–H and O–H groups in total. The lowest BCUT2D eigenvalue weighted by atomic mass is 10.0. The number of carboxylic acids is 1. The number of fused-ring (bicyclic) bond motifs is 1. The minimum absolute atomic E-state index is 0.0988. The Balaban J connectivity index is 1.45. The molecule has 0 bridgehead atoms. The molecule has 0 saturated heterocycles. The van der Waals surface area contributed by atoms with E-state index >= 15 is 0 Å². The monoisotopic (exact) mass is 477 g/mol. The number of carboxylic acid groups (broad SMARTS) is 1. The fraction of sp³-hybridized carbons (Fsp3) is 0.115. The first kappa shape index (κ1) is 23.1. The summed E-state index contributed by atoms with van der Waals surface area (Å²) in [5.41, 5.74) is 2.12. The summed E-state index contributed by atoms with van der Waals surface area (Å²) < 4.78 is 10.8. The maximum atomic E-state index is 12.3. The number of benzene rings is 3. The average molecular weight is 478 g/mol. The van der Waals surface area contributed by atoms with E-state index in [1.165, 1.54) is 12.1 Å². The Morgan fingerprint density at radius 2 is 1.74 bits per heavy atom. The van der Waals surface area contributed by atoms with Crippen LogP contribution in [0.3, 0.4) is 0 Å². The van der Waals surface area contributed by atoms with E-state index in [0.717, 1.165) is 22.1 Å². The molecule has 0 fully saturated rings. The quantitative estimate of drug-likeness (QED) is 0.366. The normalized spacial score (nSPS) is 11.7. The first-order valence-electron chi connectivity index (χ1n) is 10.4. The van der Waals surface area contributed by atoms with Crippen LogP contribution < -0.4 is 15.7 Å². The Labute approximate surface area is 199 Å². The summed E-state index contributed by atoms with van der Waals surface area (Å²) in [6.45, 7) is -0.404. The van der Waals surface area contributed by atoms with E-state index in [4.69, 9.17) is 20.8 Å². The first-order chi connectivity index (χ1) is 16.4. The molecule has 0 unspecified atom stereocenters. The van der Waals surface area contributed by atoms with Crippen molar-refractivity contribution in [2.24, 2.45) is 0 Å². The zero-order valence-corrected chi connectivity index (χ0v) is 18.6. The molecule has 1 atom stereocenters. The lowest BCUT2D eigenvalue weighted by Crippen LogP contribution is -2.44. The number of rotatable bonds is 8. The van der Waals surface area contributed by atoms with Crippen molar-refractivity contribution in [2.45, 2.75) is 12.5 Å². The van der Waals surface area contributed by atoms with Crippen molar-refractivity contribution in [2.75, 3.05) is 6.61 Å². The van der Waals surface area contributed by atoms with Crippen LogP contribution in [0.15, 0.2) is 88.1 Å². The van der Waals surface area contributed by atoms with Gasteiger partial charge in [-0.3, -0.25) is 4.79 Å². The van der Waals surface area contributed by atoms with Gasteiger partial charge in [0.15, 0.2) is 6.61 Å². The van der Waals surface area contributed by atoms with E-state index in [2.05, 4.69) is 5.32 Å². The van der Waals surface area contributed by atoms with Crippen molar-refractivity contribution in [3.8, 4) is 16.9 Å². The molecule has 8 heteroatoms. The van der Waals surface area contributed by atoms with Crippen molar-refractivity contribution in [1.29, 1.82) is 0 Å². The first-order valence-corrected chi connectivity index (χ1v) is 10.8. The van der Waals surface area contributed by atoms with E-state index in [0.29, 0.717) is 16.4 Å². The van der Waals surface area contributed by atoms with Crippen molar-refractivity contribution in [3.63, 3.8) is 0 Å². The molecule has 7 nitrogen and oxygen atoms in total. The number of hydrogen-bond acceptors (Lipinski definition) is 5. The van der Waals surface area contributed by atoms with Crippen LogP contribution in [0.25, 0.3) is 22.1 Å². The molecule has 3 aromatic carbocycles. The van der Waals surface area contributed by atoms with Crippen LogP contribution in [0.5, 0.6) is 5.75 Å². The number of amides is 1. The van der Waals surface area contributed by atoms with E-state index in [1.807, 2.05) is 30.3 Å². The van der Waals surface area contributed by atoms with Crippen molar-refractivity contribution in [1.82, 2.24) is 5.32 Å². The highest BCUT2D eigenvalue weighted by Crippen LogP contribution is 2.29. The number of hydrogen-bond donors (Lipinski definition) is 2. The summed E-state index contributed by atoms with van der Waals surface area (Å²) in [5.74, 6) is -1.45. The zero-order valence-electron chi connectivity index (χ0n) is 17.9. The van der Waals surface area contributed by atoms with Gasteiger partial charge in [-0.2, -0.15) is 0 Å². The second kappa shape index (κ2) is 10.2. The predicted molar refractivity (Wildman–Crippen MR) is 128 cm³/mol. The van der Waals surface area contributed by atoms with Gasteiger partial charge in [0.25, 0.3) is 5.91 Å². The summed E-state index contributed by atoms with van der Waals surface area (Å²) in [6.07, 6.45) is 0.0988. The molecule has 4 aromatic rings. The number of aliphatic carboxylic acids is 1. The molecule has 0 aliphatic carbocycles. The number of halogens is 1. The number of ether oxygens (including phenoxy) is 1. The van der Waals surface area contributed by atoms with Gasteiger partial charge in [-0.05, 0) is 41.0 Å². The maximum Gasteiger partial charge on any atom is 0.336 e. The molecule has 0 aliphatic heterocycles. The Bertz CT molecular complexity index is 1380. The standard InChI is InChI=1S/C26H20ClNO6/c27-18-8-6-16(7-9-18)12-22(26(31)32)28-24(29)15-33-19-10-11-20-21(17-4-2-1-3-5-17)14-25(30)34-23(20)13-19/h1-11,13-14,22H,12,15H2,(H,28,29)(H,31,32)/t22-/m0/s1. The summed E-state index contributed by atoms with van der Waals surface area (Å²) in [4.78, 5) is 36.0. The lowest BCUT2D eigenvalue weighted by Gasteiger charge is -2.15. The Morgan fingerprint density at radius 1 is 1.00 bits per heavy atom. The second-order valence-corrected chi connectivity index (χ2v) is 8.02. The third-order valence-corrected chi connectivity index (χ3v) is 5.41. The largest absolute Gasteiger partial charge is 0.484 e. The maximum absolute atomic E-state index is 12.3. The van der Waals surface area contributed by atoms with Crippen LogP contribution in [0.2, 0.25) is 5.02 Å². The fourth-order valence-corrected chi connectivity index (χ4v) is 3.66. The van der Waals surface area contributed by atoms with Gasteiger partial charge in [0.05, 0.1) is 0 Å². The molecular formula is C26H20ClNO6. The predicted octanol–water partition coefficient (Wildman–Crippen LogP) is 4.30. The highest BCUT2D eigenvalue weighted by molar-refractivity contribution is 6.30. The third-order valence-electron chi connectivity index (χ3n) is 5.16. The Kier molecular flexibility index (Phi) is 6.94. The van der Waals surface area contributed by atoms with Gasteiger partial charge in [0.1, 0.15) is 17.4 Å². The molecule has 0 saturated carbocycles. The molecule has 4 rings (SSSR count). The topological polar surface area (TPSA) is 106 Å². The molecular weight excluding hydrogens is 458 g/mol. The Hall–Kier alpha value is -4.10. The number of carbonyl (C=O) groups excluding carboxylic acids is 1. The van der Waals surface area contributed by atoms with Crippen LogP contribution in [-0.2, 0) is 16.0 Å². The number of carbonyl (C=O) groups is 2. The van der Waals surface area contributed by atoms with Gasteiger partial charge in [-0.1, -0.05) is 54.1 Å². The van der Waals surface area contributed by atoms with Crippen LogP contribution in [0, 0.1) is 0 Å². The SMILES string of the molecule is O=C(COc1ccc2c(-c3ccccc3)cc(=O)oc2c1)N[C@@H](Cc1ccc(Cl)cc1)C(=O)O. The van der Waals surface area contributed by atoms with Crippen LogP contribution in [0.1, 0.15) is 5.56 Å². The Morgan fingerprint density at radius 3 is 2.44 bits per heavy atom. The van der Waals surface area contributed by atoms with Gasteiger partial charge in [0, 0.05) is 29.0 Å². The van der Waals surface area contributed by atoms with Gasteiger partial charge in [-0.15, -0.1) is 0 Å². The molecule has 0 aliphatic rings. The summed E-state index contributed by atoms with van der Waals surface area (Å²) in [7, 11) is 0.